The Morgan fingerprint density at radius 2 is 1.69 bits per heavy atom. The second-order valence-corrected chi connectivity index (χ2v) is 9.81. The first-order valence-electron chi connectivity index (χ1n) is 10.8. The number of aliphatic carboxylic acids is 1. The molecule has 0 radical (unpaired) electrons. The monoisotopic (exact) mass is 531 g/mol. The maximum absolute atomic E-state index is 13.3. The summed E-state index contributed by atoms with van der Waals surface area (Å²) in [6, 6.07) is 13.9. The average Bonchev–Trinajstić information content (AvgIpc) is 2.84. The summed E-state index contributed by atoms with van der Waals surface area (Å²) in [4.78, 5) is 23.6. The number of halogens is 3. The molecule has 198 valence electrons. The Kier molecular flexibility index (Phi) is 10.3. The molecule has 1 aliphatic heterocycles. The predicted octanol–water partition coefficient (Wildman–Crippen LogP) is 2.26. The number of carbonyl (C=O) groups is 2. The molecule has 9 nitrogen and oxygen atoms in total. The van der Waals surface area contributed by atoms with E-state index >= 15 is 0 Å². The van der Waals surface area contributed by atoms with Crippen LogP contribution in [0.5, 0.6) is 5.75 Å². The molecule has 3 rings (SSSR count). The zero-order valence-electron chi connectivity index (χ0n) is 19.8. The predicted molar refractivity (Wildman–Crippen MR) is 125 cm³/mol. The number of nitrogens with one attached hydrogen (secondary N) is 1. The van der Waals surface area contributed by atoms with Gasteiger partial charge < -0.3 is 20.1 Å². The normalized spacial score (nSPS) is 14.1. The second kappa shape index (κ2) is 12.7. The minimum Gasteiger partial charge on any atom is -0.497 e. The highest BCUT2D eigenvalue weighted by molar-refractivity contribution is 7.89. The number of benzene rings is 2. The van der Waals surface area contributed by atoms with E-state index in [-0.39, 0.29) is 23.9 Å². The number of aryl methyl sites for hydroxylation is 1. The Balaban J connectivity index is 0.000000572. The van der Waals surface area contributed by atoms with E-state index in [2.05, 4.69) is 5.32 Å². The Morgan fingerprint density at radius 3 is 2.19 bits per heavy atom. The number of nitrogens with zero attached hydrogens (tertiary/aromatic N) is 2. The van der Waals surface area contributed by atoms with Gasteiger partial charge in [-0.1, -0.05) is 29.8 Å². The number of carboxylic acids is 1. The number of hydrogen-bond acceptors (Lipinski definition) is 6. The van der Waals surface area contributed by atoms with E-state index in [1.54, 1.807) is 17.0 Å². The Hall–Kier alpha value is -3.16. The number of hydrogen-bond donors (Lipinski definition) is 2. The van der Waals surface area contributed by atoms with Crippen molar-refractivity contribution in [1.82, 2.24) is 14.5 Å². The number of rotatable bonds is 7. The first kappa shape index (κ1) is 29.1. The summed E-state index contributed by atoms with van der Waals surface area (Å²) in [5, 5.41) is 10.3. The van der Waals surface area contributed by atoms with Crippen LogP contribution in [0.1, 0.15) is 11.1 Å². The molecule has 0 unspecified atom stereocenters. The van der Waals surface area contributed by atoms with E-state index in [0.717, 1.165) is 24.2 Å². The largest absolute Gasteiger partial charge is 0.497 e. The van der Waals surface area contributed by atoms with Gasteiger partial charge in [0.2, 0.25) is 15.9 Å². The molecule has 1 aliphatic rings. The van der Waals surface area contributed by atoms with Crippen molar-refractivity contribution < 1.29 is 41.0 Å². The van der Waals surface area contributed by atoms with Crippen LogP contribution in [0.25, 0.3) is 0 Å². The van der Waals surface area contributed by atoms with Gasteiger partial charge in [-0.3, -0.25) is 4.79 Å². The zero-order valence-corrected chi connectivity index (χ0v) is 20.6. The maximum atomic E-state index is 13.3. The van der Waals surface area contributed by atoms with Crippen LogP contribution in [0.15, 0.2) is 53.4 Å². The van der Waals surface area contributed by atoms with Gasteiger partial charge in [0.05, 0.1) is 18.6 Å². The van der Waals surface area contributed by atoms with Crippen LogP contribution in [-0.2, 0) is 26.2 Å². The summed E-state index contributed by atoms with van der Waals surface area (Å²) in [5.41, 5.74) is 1.88. The van der Waals surface area contributed by atoms with Crippen LogP contribution >= 0.6 is 0 Å². The molecule has 0 atom stereocenters. The van der Waals surface area contributed by atoms with Gasteiger partial charge in [-0.25, -0.2) is 13.2 Å². The molecular formula is C23H28F3N3O6S. The summed E-state index contributed by atoms with van der Waals surface area (Å²) >= 11 is 0. The first-order chi connectivity index (χ1) is 16.8. The van der Waals surface area contributed by atoms with Gasteiger partial charge in [0.25, 0.3) is 0 Å². The summed E-state index contributed by atoms with van der Waals surface area (Å²) in [5.74, 6) is -2.37. The van der Waals surface area contributed by atoms with Crippen molar-refractivity contribution in [2.75, 3.05) is 39.8 Å². The molecule has 1 saturated heterocycles. The lowest BCUT2D eigenvalue weighted by atomic mass is 10.1. The molecule has 0 spiro atoms. The number of carbonyl (C=O) groups excluding carboxylic acids is 1. The highest BCUT2D eigenvalue weighted by Crippen LogP contribution is 2.22. The van der Waals surface area contributed by atoms with Gasteiger partial charge in [0.1, 0.15) is 5.75 Å². The van der Waals surface area contributed by atoms with E-state index in [0.29, 0.717) is 18.8 Å². The van der Waals surface area contributed by atoms with Gasteiger partial charge in [-0.2, -0.15) is 17.5 Å². The van der Waals surface area contributed by atoms with E-state index in [4.69, 9.17) is 14.6 Å². The van der Waals surface area contributed by atoms with Gasteiger partial charge in [0.15, 0.2) is 0 Å². The lowest BCUT2D eigenvalue weighted by Gasteiger charge is -2.30. The summed E-state index contributed by atoms with van der Waals surface area (Å²) in [6.07, 6.45) is -5.08. The number of alkyl halides is 3. The summed E-state index contributed by atoms with van der Waals surface area (Å²) in [7, 11) is -2.33. The summed E-state index contributed by atoms with van der Waals surface area (Å²) in [6.45, 7) is 4.50. The molecule has 1 amide bonds. The van der Waals surface area contributed by atoms with Crippen molar-refractivity contribution in [2.45, 2.75) is 24.5 Å². The molecule has 2 aromatic rings. The lowest BCUT2D eigenvalue weighted by molar-refractivity contribution is -0.192. The highest BCUT2D eigenvalue weighted by atomic mass is 32.2. The number of piperazine rings is 1. The topological polar surface area (TPSA) is 116 Å². The molecule has 36 heavy (non-hydrogen) atoms. The van der Waals surface area contributed by atoms with E-state index < -0.39 is 22.2 Å². The van der Waals surface area contributed by atoms with Crippen molar-refractivity contribution in [2.24, 2.45) is 0 Å². The Labute approximate surface area is 207 Å². The average molecular weight is 532 g/mol. The summed E-state index contributed by atoms with van der Waals surface area (Å²) < 4.78 is 64.8. The van der Waals surface area contributed by atoms with Gasteiger partial charge >= 0.3 is 12.1 Å². The minimum absolute atomic E-state index is 0.133. The third-order valence-electron chi connectivity index (χ3n) is 5.16. The molecule has 1 fully saturated rings. The van der Waals surface area contributed by atoms with Crippen molar-refractivity contribution in [1.29, 1.82) is 0 Å². The van der Waals surface area contributed by atoms with Crippen LogP contribution in [-0.4, -0.2) is 80.6 Å². The number of methoxy groups -OCH3 is 1. The molecule has 0 aliphatic carbocycles. The molecule has 2 N–H and O–H groups in total. The number of ether oxygens (including phenoxy) is 1. The van der Waals surface area contributed by atoms with Crippen molar-refractivity contribution >= 4 is 21.9 Å². The molecule has 1 heterocycles. The van der Waals surface area contributed by atoms with E-state index in [9.17, 15) is 26.4 Å². The van der Waals surface area contributed by atoms with E-state index in [1.165, 1.54) is 23.5 Å². The number of amides is 1. The SMILES string of the molecule is COc1ccc(S(=O)(=O)N(CC(=O)N2CCNCC2)Cc2cccc(C)c2)cc1.O=C(O)C(F)(F)F. The fourth-order valence-electron chi connectivity index (χ4n) is 3.30. The molecule has 0 aromatic heterocycles. The molecule has 0 saturated carbocycles. The van der Waals surface area contributed by atoms with Crippen LogP contribution in [0.2, 0.25) is 0 Å². The van der Waals surface area contributed by atoms with Crippen LogP contribution in [0.3, 0.4) is 0 Å². The van der Waals surface area contributed by atoms with Crippen LogP contribution in [0.4, 0.5) is 13.2 Å². The zero-order chi connectivity index (χ0) is 26.9. The van der Waals surface area contributed by atoms with E-state index in [1.807, 2.05) is 31.2 Å². The highest BCUT2D eigenvalue weighted by Gasteiger charge is 2.38. The van der Waals surface area contributed by atoms with Crippen LogP contribution in [0, 0.1) is 6.92 Å². The Bertz CT molecular complexity index is 1130. The fourth-order valence-corrected chi connectivity index (χ4v) is 4.68. The minimum atomic E-state index is -5.08. The molecular weight excluding hydrogens is 503 g/mol. The lowest BCUT2D eigenvalue weighted by Crippen LogP contribution is -2.50. The van der Waals surface area contributed by atoms with Crippen molar-refractivity contribution in [3.05, 3.63) is 59.7 Å². The third-order valence-corrected chi connectivity index (χ3v) is 6.97. The Morgan fingerprint density at radius 1 is 1.11 bits per heavy atom. The fraction of sp³-hybridized carbons (Fsp3) is 0.391. The van der Waals surface area contributed by atoms with Gasteiger partial charge in [0, 0.05) is 32.7 Å². The van der Waals surface area contributed by atoms with Gasteiger partial charge in [-0.05, 0) is 36.8 Å². The standard InChI is InChI=1S/C21H27N3O4S.C2HF3O2/c1-17-4-3-5-18(14-17)15-24(16-21(25)23-12-10-22-11-13-23)29(26,27)20-8-6-19(28-2)7-9-20;3-2(4,5)1(6)7/h3-9,14,22H,10-13,15-16H2,1-2H3;(H,6,7). The molecule has 2 aromatic carbocycles. The quantitative estimate of drug-likeness (QED) is 0.563. The maximum Gasteiger partial charge on any atom is 0.490 e. The van der Waals surface area contributed by atoms with Gasteiger partial charge in [-0.15, -0.1) is 0 Å². The smallest absolute Gasteiger partial charge is 0.490 e. The van der Waals surface area contributed by atoms with Crippen LogP contribution < -0.4 is 10.1 Å². The first-order valence-corrected chi connectivity index (χ1v) is 12.3. The molecule has 13 heteroatoms. The number of carboxylic acid groups (broad SMARTS) is 1. The third kappa shape index (κ3) is 8.50. The van der Waals surface area contributed by atoms with Crippen molar-refractivity contribution in [3.8, 4) is 5.75 Å². The molecule has 0 bridgehead atoms. The number of sulfonamides is 1. The second-order valence-electron chi connectivity index (χ2n) is 7.87. The van der Waals surface area contributed by atoms with Crippen molar-refractivity contribution in [3.63, 3.8) is 0 Å².